The van der Waals surface area contributed by atoms with Gasteiger partial charge in [-0.3, -0.25) is 4.79 Å². The lowest BCUT2D eigenvalue weighted by Gasteiger charge is -2.18. The van der Waals surface area contributed by atoms with Crippen LogP contribution in [0.1, 0.15) is 29.5 Å². The Balaban J connectivity index is 2.53. The summed E-state index contributed by atoms with van der Waals surface area (Å²) >= 11 is 0. The van der Waals surface area contributed by atoms with E-state index in [0.29, 0.717) is 13.0 Å². The van der Waals surface area contributed by atoms with Crippen molar-refractivity contribution in [2.45, 2.75) is 33.2 Å². The maximum absolute atomic E-state index is 11.9. The van der Waals surface area contributed by atoms with Crippen LogP contribution in [0.25, 0.3) is 0 Å². The molecule has 0 radical (unpaired) electrons. The quantitative estimate of drug-likeness (QED) is 0.783. The van der Waals surface area contributed by atoms with Crippen molar-refractivity contribution in [2.24, 2.45) is 0 Å². The molecule has 3 nitrogen and oxygen atoms in total. The van der Waals surface area contributed by atoms with Crippen LogP contribution in [0.2, 0.25) is 0 Å². The van der Waals surface area contributed by atoms with Crippen molar-refractivity contribution in [3.63, 3.8) is 0 Å². The molecule has 1 amide bonds. The molecule has 0 fully saturated rings. The zero-order valence-electron chi connectivity index (χ0n) is 11.9. The van der Waals surface area contributed by atoms with Gasteiger partial charge in [0.05, 0.1) is 0 Å². The van der Waals surface area contributed by atoms with Crippen LogP contribution in [-0.2, 0) is 11.3 Å². The van der Waals surface area contributed by atoms with E-state index in [-0.39, 0.29) is 5.91 Å². The van der Waals surface area contributed by atoms with Gasteiger partial charge in [0.15, 0.2) is 0 Å². The summed E-state index contributed by atoms with van der Waals surface area (Å²) in [5, 5.41) is 3.06. The van der Waals surface area contributed by atoms with Gasteiger partial charge in [-0.2, -0.15) is 0 Å². The Kier molecular flexibility index (Phi) is 5.86. The highest BCUT2D eigenvalue weighted by Crippen LogP contribution is 2.13. The Labute approximate surface area is 110 Å². The number of carbonyl (C=O) groups is 1. The fourth-order valence-electron chi connectivity index (χ4n) is 1.97. The molecule has 0 spiro atoms. The number of nitrogens with one attached hydrogen (secondary N) is 1. The monoisotopic (exact) mass is 248 g/mol. The number of nitrogens with zero attached hydrogens (tertiary/aromatic N) is 1. The van der Waals surface area contributed by atoms with Crippen LogP contribution < -0.4 is 5.32 Å². The first-order valence-corrected chi connectivity index (χ1v) is 6.49. The number of rotatable bonds is 6. The molecule has 0 aliphatic heterocycles. The highest BCUT2D eigenvalue weighted by Gasteiger charge is 2.09. The summed E-state index contributed by atoms with van der Waals surface area (Å²) in [5.74, 6) is 0.213. The molecule has 3 heteroatoms. The summed E-state index contributed by atoms with van der Waals surface area (Å²) in [6.45, 7) is 5.78. The average Bonchev–Trinajstić information content (AvgIpc) is 2.32. The molecule has 1 rings (SSSR count). The van der Waals surface area contributed by atoms with E-state index in [0.717, 1.165) is 13.0 Å². The summed E-state index contributed by atoms with van der Waals surface area (Å²) in [7, 11) is 3.78. The Hall–Kier alpha value is -1.35. The molecule has 0 aliphatic rings. The Morgan fingerprint density at radius 3 is 2.67 bits per heavy atom. The summed E-state index contributed by atoms with van der Waals surface area (Å²) < 4.78 is 0. The summed E-state index contributed by atoms with van der Waals surface area (Å²) in [6, 6.07) is 6.37. The summed E-state index contributed by atoms with van der Waals surface area (Å²) in [4.78, 5) is 13.7. The molecule has 0 bridgehead atoms. The van der Waals surface area contributed by atoms with Gasteiger partial charge in [0.2, 0.25) is 5.91 Å². The van der Waals surface area contributed by atoms with Gasteiger partial charge >= 0.3 is 0 Å². The van der Waals surface area contributed by atoms with Crippen molar-refractivity contribution in [2.75, 3.05) is 20.6 Å². The molecule has 0 saturated heterocycles. The van der Waals surface area contributed by atoms with Gasteiger partial charge in [-0.15, -0.1) is 0 Å². The van der Waals surface area contributed by atoms with Crippen LogP contribution in [0, 0.1) is 13.8 Å². The van der Waals surface area contributed by atoms with Crippen molar-refractivity contribution < 1.29 is 4.79 Å². The number of hydrogen-bond donors (Lipinski definition) is 1. The van der Waals surface area contributed by atoms with Gasteiger partial charge in [-0.25, -0.2) is 0 Å². The van der Waals surface area contributed by atoms with Crippen LogP contribution in [0.15, 0.2) is 18.2 Å². The predicted octanol–water partition coefficient (Wildman–Crippen LogP) is 2.26. The molecule has 0 aromatic heterocycles. The van der Waals surface area contributed by atoms with Crippen LogP contribution in [0.3, 0.4) is 0 Å². The van der Waals surface area contributed by atoms with E-state index in [2.05, 4.69) is 37.4 Å². The second kappa shape index (κ2) is 7.17. The molecule has 0 atom stereocenters. The lowest BCUT2D eigenvalue weighted by Crippen LogP contribution is -2.27. The maximum atomic E-state index is 11.9. The molecule has 0 unspecified atom stereocenters. The first-order chi connectivity index (χ1) is 8.54. The molecule has 18 heavy (non-hydrogen) atoms. The Morgan fingerprint density at radius 2 is 2.06 bits per heavy atom. The molecule has 1 N–H and O–H groups in total. The van der Waals surface area contributed by atoms with E-state index in [9.17, 15) is 4.79 Å². The zero-order valence-corrected chi connectivity index (χ0v) is 11.9. The predicted molar refractivity (Wildman–Crippen MR) is 75.6 cm³/mol. The van der Waals surface area contributed by atoms with Gasteiger partial charge in [0.25, 0.3) is 0 Å². The van der Waals surface area contributed by atoms with E-state index in [1.165, 1.54) is 16.7 Å². The first kappa shape index (κ1) is 14.7. The van der Waals surface area contributed by atoms with Crippen LogP contribution in [0.4, 0.5) is 0 Å². The Morgan fingerprint density at radius 1 is 1.33 bits per heavy atom. The third-order valence-corrected chi connectivity index (χ3v) is 3.15. The minimum Gasteiger partial charge on any atom is -0.341 e. The summed E-state index contributed by atoms with van der Waals surface area (Å²) in [5.41, 5.74) is 3.74. The lowest BCUT2D eigenvalue weighted by atomic mass is 10.1. The van der Waals surface area contributed by atoms with Crippen LogP contribution in [-0.4, -0.2) is 31.4 Å². The topological polar surface area (TPSA) is 32.3 Å². The lowest BCUT2D eigenvalue weighted by molar-refractivity contribution is -0.130. The van der Waals surface area contributed by atoms with E-state index in [1.807, 2.05) is 19.0 Å². The number of benzene rings is 1. The second-order valence-corrected chi connectivity index (χ2v) is 4.89. The minimum absolute atomic E-state index is 0.213. The first-order valence-electron chi connectivity index (χ1n) is 6.49. The largest absolute Gasteiger partial charge is 0.341 e. The zero-order chi connectivity index (χ0) is 13.5. The maximum Gasteiger partial charge on any atom is 0.222 e. The van der Waals surface area contributed by atoms with Gasteiger partial charge in [0.1, 0.15) is 0 Å². The molecule has 0 saturated carbocycles. The van der Waals surface area contributed by atoms with Gasteiger partial charge in [-0.1, -0.05) is 23.8 Å². The molecular weight excluding hydrogens is 224 g/mol. The molecule has 1 aromatic rings. The SMILES string of the molecule is CNCCCC(=O)N(C)Cc1ccc(C)cc1C. The minimum atomic E-state index is 0.213. The van der Waals surface area contributed by atoms with E-state index >= 15 is 0 Å². The van der Waals surface area contributed by atoms with E-state index in [4.69, 9.17) is 0 Å². The van der Waals surface area contributed by atoms with Crippen molar-refractivity contribution in [3.05, 3.63) is 34.9 Å². The van der Waals surface area contributed by atoms with Crippen LogP contribution in [0.5, 0.6) is 0 Å². The van der Waals surface area contributed by atoms with E-state index in [1.54, 1.807) is 0 Å². The fourth-order valence-corrected chi connectivity index (χ4v) is 1.97. The second-order valence-electron chi connectivity index (χ2n) is 4.89. The molecular formula is C15H24N2O. The highest BCUT2D eigenvalue weighted by atomic mass is 16.2. The molecule has 1 aromatic carbocycles. The Bertz CT molecular complexity index is 401. The normalized spacial score (nSPS) is 10.4. The third kappa shape index (κ3) is 4.49. The van der Waals surface area contributed by atoms with Crippen molar-refractivity contribution in [3.8, 4) is 0 Å². The van der Waals surface area contributed by atoms with Crippen molar-refractivity contribution >= 4 is 5.91 Å². The highest BCUT2D eigenvalue weighted by molar-refractivity contribution is 5.75. The van der Waals surface area contributed by atoms with Crippen molar-refractivity contribution in [1.82, 2.24) is 10.2 Å². The van der Waals surface area contributed by atoms with Crippen LogP contribution >= 0.6 is 0 Å². The number of hydrogen-bond acceptors (Lipinski definition) is 2. The molecule has 100 valence electrons. The standard InChI is InChI=1S/C15H24N2O/c1-12-7-8-14(13(2)10-12)11-17(4)15(18)6-5-9-16-3/h7-8,10,16H,5-6,9,11H2,1-4H3. The fraction of sp³-hybridized carbons (Fsp3) is 0.533. The molecule has 0 heterocycles. The third-order valence-electron chi connectivity index (χ3n) is 3.15. The van der Waals surface area contributed by atoms with Gasteiger partial charge in [0, 0.05) is 20.0 Å². The average molecular weight is 248 g/mol. The smallest absolute Gasteiger partial charge is 0.222 e. The number of aryl methyl sites for hydroxylation is 2. The van der Waals surface area contributed by atoms with Crippen molar-refractivity contribution in [1.29, 1.82) is 0 Å². The molecule has 0 aliphatic carbocycles. The summed E-state index contributed by atoms with van der Waals surface area (Å²) in [6.07, 6.45) is 1.51. The van der Waals surface area contributed by atoms with Gasteiger partial charge < -0.3 is 10.2 Å². The number of carbonyl (C=O) groups excluding carboxylic acids is 1. The number of amides is 1. The van der Waals surface area contributed by atoms with E-state index < -0.39 is 0 Å². The van der Waals surface area contributed by atoms with Gasteiger partial charge in [-0.05, 0) is 45.0 Å².